The van der Waals surface area contributed by atoms with Gasteiger partial charge in [0.1, 0.15) is 5.82 Å². The Balaban J connectivity index is 2.31. The average molecular weight is 321 g/mol. The van der Waals surface area contributed by atoms with Crippen molar-refractivity contribution in [2.24, 2.45) is 17.6 Å². The highest BCUT2D eigenvalue weighted by Gasteiger charge is 2.31. The fraction of sp³-hybridized carbons (Fsp3) is 0.538. The smallest absolute Gasteiger partial charge is 0.147 e. The zero-order chi connectivity index (χ0) is 12.6. The van der Waals surface area contributed by atoms with Crippen LogP contribution in [0.25, 0.3) is 0 Å². The lowest BCUT2D eigenvalue weighted by molar-refractivity contribution is 0.344. The van der Waals surface area contributed by atoms with Gasteiger partial charge in [-0.1, -0.05) is 37.4 Å². The molecule has 17 heavy (non-hydrogen) atoms. The number of rotatable bonds is 2. The van der Waals surface area contributed by atoms with Crippen molar-refractivity contribution in [1.82, 2.24) is 0 Å². The van der Waals surface area contributed by atoms with Gasteiger partial charge in [0.05, 0.1) is 5.02 Å². The Kier molecular flexibility index (Phi) is 4.11. The molecule has 2 N–H and O–H groups in total. The van der Waals surface area contributed by atoms with Crippen molar-refractivity contribution in [3.05, 3.63) is 33.0 Å². The van der Waals surface area contributed by atoms with Crippen LogP contribution in [-0.2, 0) is 0 Å². The zero-order valence-corrected chi connectivity index (χ0v) is 12.1. The van der Waals surface area contributed by atoms with Crippen molar-refractivity contribution in [1.29, 1.82) is 0 Å². The molecule has 1 nitrogen and oxygen atoms in total. The molecule has 0 heterocycles. The van der Waals surface area contributed by atoms with Gasteiger partial charge < -0.3 is 5.73 Å². The van der Waals surface area contributed by atoms with Crippen LogP contribution in [0.3, 0.4) is 0 Å². The van der Waals surface area contributed by atoms with Crippen molar-refractivity contribution in [3.63, 3.8) is 0 Å². The Morgan fingerprint density at radius 1 is 1.47 bits per heavy atom. The molecule has 1 aliphatic carbocycles. The fourth-order valence-electron chi connectivity index (χ4n) is 2.74. The largest absolute Gasteiger partial charge is 0.324 e. The van der Waals surface area contributed by atoms with Crippen LogP contribution in [0, 0.1) is 17.7 Å². The second-order valence-electron chi connectivity index (χ2n) is 4.86. The maximum atomic E-state index is 14.1. The van der Waals surface area contributed by atoms with E-state index in [1.54, 1.807) is 12.1 Å². The highest BCUT2D eigenvalue weighted by atomic mass is 79.9. The van der Waals surface area contributed by atoms with E-state index in [2.05, 4.69) is 22.9 Å². The number of benzene rings is 1. The number of nitrogens with two attached hydrogens (primary N) is 1. The lowest BCUT2D eigenvalue weighted by Crippen LogP contribution is -2.24. The van der Waals surface area contributed by atoms with Gasteiger partial charge in [0.25, 0.3) is 0 Å². The van der Waals surface area contributed by atoms with E-state index in [9.17, 15) is 4.39 Å². The minimum absolute atomic E-state index is 0.128. The molecule has 0 amide bonds. The molecule has 0 saturated heterocycles. The van der Waals surface area contributed by atoms with E-state index in [0.717, 1.165) is 6.42 Å². The minimum Gasteiger partial charge on any atom is -0.324 e. The summed E-state index contributed by atoms with van der Waals surface area (Å²) in [5.41, 5.74) is 6.74. The Morgan fingerprint density at radius 2 is 2.18 bits per heavy atom. The molecule has 1 saturated carbocycles. The molecule has 4 heteroatoms. The van der Waals surface area contributed by atoms with E-state index >= 15 is 0 Å². The first kappa shape index (κ1) is 13.3. The quantitative estimate of drug-likeness (QED) is 0.787. The zero-order valence-electron chi connectivity index (χ0n) is 9.72. The van der Waals surface area contributed by atoms with Crippen LogP contribution in [0.4, 0.5) is 4.39 Å². The van der Waals surface area contributed by atoms with E-state index in [-0.39, 0.29) is 16.9 Å². The predicted molar refractivity (Wildman–Crippen MR) is 72.5 cm³/mol. The van der Waals surface area contributed by atoms with Crippen LogP contribution in [0.5, 0.6) is 0 Å². The summed E-state index contributed by atoms with van der Waals surface area (Å²) in [6.45, 7) is 2.19. The first-order chi connectivity index (χ1) is 8.02. The average Bonchev–Trinajstić information content (AvgIpc) is 2.72. The van der Waals surface area contributed by atoms with Crippen LogP contribution < -0.4 is 5.73 Å². The fourth-order valence-corrected chi connectivity index (χ4v) is 3.21. The van der Waals surface area contributed by atoms with Gasteiger partial charge in [-0.2, -0.15) is 0 Å². The lowest BCUT2D eigenvalue weighted by atomic mass is 9.86. The highest BCUT2D eigenvalue weighted by molar-refractivity contribution is 9.10. The third-order valence-electron chi connectivity index (χ3n) is 3.81. The number of halogens is 3. The Morgan fingerprint density at radius 3 is 2.76 bits per heavy atom. The molecule has 0 radical (unpaired) electrons. The number of hydrogen-bond acceptors (Lipinski definition) is 1. The van der Waals surface area contributed by atoms with Gasteiger partial charge in [0.2, 0.25) is 0 Å². The number of hydrogen-bond donors (Lipinski definition) is 1. The standard InChI is InChI=1S/C13H16BrClFN/c1-7-3-2-4-8(7)13(17)9-5-6-10(14)11(15)12(9)16/h5-8,13H,2-4,17H2,1H3. The van der Waals surface area contributed by atoms with Crippen LogP contribution in [0.2, 0.25) is 5.02 Å². The second-order valence-corrected chi connectivity index (χ2v) is 6.09. The molecular weight excluding hydrogens is 305 g/mol. The third kappa shape index (κ3) is 2.51. The van der Waals surface area contributed by atoms with Gasteiger partial charge in [-0.05, 0) is 40.3 Å². The molecule has 0 aliphatic heterocycles. The predicted octanol–water partition coefficient (Wildman–Crippen LogP) is 4.68. The summed E-state index contributed by atoms with van der Waals surface area (Å²) in [7, 11) is 0. The molecule has 0 aromatic heterocycles. The topological polar surface area (TPSA) is 26.0 Å². The van der Waals surface area contributed by atoms with E-state index in [0.29, 0.717) is 21.9 Å². The summed E-state index contributed by atoms with van der Waals surface area (Å²) in [6, 6.07) is 3.25. The molecule has 94 valence electrons. The molecule has 1 aromatic rings. The normalized spacial score (nSPS) is 26.2. The molecule has 1 fully saturated rings. The molecule has 0 spiro atoms. The van der Waals surface area contributed by atoms with E-state index in [1.807, 2.05) is 0 Å². The molecule has 0 bridgehead atoms. The van der Waals surface area contributed by atoms with Gasteiger partial charge in [0, 0.05) is 16.1 Å². The van der Waals surface area contributed by atoms with Crippen molar-refractivity contribution in [2.75, 3.05) is 0 Å². The summed E-state index contributed by atoms with van der Waals surface area (Å²) in [5, 5.41) is 0.128. The van der Waals surface area contributed by atoms with E-state index in [1.165, 1.54) is 12.8 Å². The molecule has 1 aromatic carbocycles. The first-order valence-corrected chi connectivity index (χ1v) is 7.08. The summed E-state index contributed by atoms with van der Waals surface area (Å²) in [6.07, 6.45) is 3.45. The lowest BCUT2D eigenvalue weighted by Gasteiger charge is -2.24. The van der Waals surface area contributed by atoms with E-state index in [4.69, 9.17) is 17.3 Å². The van der Waals surface area contributed by atoms with E-state index < -0.39 is 0 Å². The molecule has 1 aliphatic rings. The Labute approximate surface area is 115 Å². The van der Waals surface area contributed by atoms with Crippen LogP contribution in [0.15, 0.2) is 16.6 Å². The van der Waals surface area contributed by atoms with Gasteiger partial charge >= 0.3 is 0 Å². The Hall–Kier alpha value is -0.120. The summed E-state index contributed by atoms with van der Waals surface area (Å²) in [5.74, 6) is 0.543. The van der Waals surface area contributed by atoms with Crippen molar-refractivity contribution in [3.8, 4) is 0 Å². The van der Waals surface area contributed by atoms with Gasteiger partial charge in [-0.15, -0.1) is 0 Å². The Bertz CT molecular complexity index is 424. The van der Waals surface area contributed by atoms with Crippen LogP contribution >= 0.6 is 27.5 Å². The molecule has 3 unspecified atom stereocenters. The molecular formula is C13H16BrClFN. The second kappa shape index (κ2) is 5.25. The van der Waals surface area contributed by atoms with Crippen LogP contribution in [-0.4, -0.2) is 0 Å². The monoisotopic (exact) mass is 319 g/mol. The van der Waals surface area contributed by atoms with Gasteiger partial charge in [-0.3, -0.25) is 0 Å². The van der Waals surface area contributed by atoms with Gasteiger partial charge in [-0.25, -0.2) is 4.39 Å². The van der Waals surface area contributed by atoms with Crippen molar-refractivity contribution < 1.29 is 4.39 Å². The maximum Gasteiger partial charge on any atom is 0.147 e. The van der Waals surface area contributed by atoms with Crippen LogP contribution in [0.1, 0.15) is 37.8 Å². The molecule has 2 rings (SSSR count). The van der Waals surface area contributed by atoms with Gasteiger partial charge in [0.15, 0.2) is 0 Å². The summed E-state index contributed by atoms with van der Waals surface area (Å²) in [4.78, 5) is 0. The highest BCUT2D eigenvalue weighted by Crippen LogP contribution is 2.41. The van der Waals surface area contributed by atoms with Crippen molar-refractivity contribution >= 4 is 27.5 Å². The third-order valence-corrected chi connectivity index (χ3v) is 5.07. The SMILES string of the molecule is CC1CCCC1C(N)c1ccc(Br)c(Cl)c1F. The maximum absolute atomic E-state index is 14.1. The first-order valence-electron chi connectivity index (χ1n) is 5.91. The minimum atomic E-state index is -0.382. The molecule has 3 atom stereocenters. The summed E-state index contributed by atoms with van der Waals surface area (Å²) >= 11 is 9.10. The van der Waals surface area contributed by atoms with Crippen molar-refractivity contribution in [2.45, 2.75) is 32.2 Å². The summed E-state index contributed by atoms with van der Waals surface area (Å²) < 4.78 is 14.6.